The molecule has 1 aliphatic carbocycles. The van der Waals surface area contributed by atoms with Crippen molar-refractivity contribution < 1.29 is 9.53 Å². The molecule has 0 bridgehead atoms. The van der Waals surface area contributed by atoms with E-state index in [-0.39, 0.29) is 29.2 Å². The lowest BCUT2D eigenvalue weighted by molar-refractivity contribution is -0.000119. The first-order chi connectivity index (χ1) is 13.4. The number of carbonyl (C=O) groups excluding carboxylic acids is 1. The maximum Gasteiger partial charge on any atom is 0.410 e. The van der Waals surface area contributed by atoms with Crippen LogP contribution in [0.25, 0.3) is 0 Å². The van der Waals surface area contributed by atoms with Crippen LogP contribution in [0.4, 0.5) is 16.4 Å². The van der Waals surface area contributed by atoms with Crippen molar-refractivity contribution in [3.05, 3.63) is 29.8 Å². The molecule has 9 heteroatoms. The number of aromatic amines is 1. The quantitative estimate of drug-likeness (QED) is 0.835. The third kappa shape index (κ3) is 3.91. The Morgan fingerprint density at radius 1 is 1.32 bits per heavy atom. The van der Waals surface area contributed by atoms with Crippen molar-refractivity contribution in [3.8, 4) is 6.07 Å². The lowest BCUT2D eigenvalue weighted by Crippen LogP contribution is -2.55. The van der Waals surface area contributed by atoms with Crippen LogP contribution in [0.3, 0.4) is 0 Å². The van der Waals surface area contributed by atoms with E-state index in [1.54, 1.807) is 4.90 Å². The number of nitriles is 1. The second kappa shape index (κ2) is 7.11. The van der Waals surface area contributed by atoms with E-state index in [0.717, 1.165) is 38.0 Å². The summed E-state index contributed by atoms with van der Waals surface area (Å²) in [5.41, 5.74) is 1.48. The van der Waals surface area contributed by atoms with Gasteiger partial charge >= 0.3 is 6.09 Å². The molecule has 2 aliphatic rings. The number of carbonyl (C=O) groups is 1. The summed E-state index contributed by atoms with van der Waals surface area (Å²) >= 11 is 0. The average Bonchev–Trinajstić information content (AvgIpc) is 3.29. The standard InChI is InChI=1S/C19H23N7O2/c1-19(2)10-26(11-19)18(27)28-14-4-3-12(5-14)15-6-16(25-24-15)23-17-9-21-13(7-20)8-22-17/h6,8-9,12,14H,3-5,10-11H2,1-2H3,(H2,22,23,24,25)/t12-,14+/m0/s1. The molecular weight excluding hydrogens is 358 g/mol. The Kier molecular flexibility index (Phi) is 4.63. The van der Waals surface area contributed by atoms with Gasteiger partial charge in [-0.2, -0.15) is 10.4 Å². The zero-order chi connectivity index (χ0) is 19.7. The number of ether oxygens (including phenoxy) is 1. The topological polar surface area (TPSA) is 120 Å². The van der Waals surface area contributed by atoms with Crippen molar-refractivity contribution in [2.75, 3.05) is 18.4 Å². The van der Waals surface area contributed by atoms with E-state index in [2.05, 4.69) is 39.3 Å². The van der Waals surface area contributed by atoms with Crippen molar-refractivity contribution in [3.63, 3.8) is 0 Å². The molecule has 1 aliphatic heterocycles. The minimum absolute atomic E-state index is 0.0506. The predicted molar refractivity (Wildman–Crippen MR) is 101 cm³/mol. The van der Waals surface area contributed by atoms with Gasteiger partial charge in [0, 0.05) is 36.2 Å². The highest BCUT2D eigenvalue weighted by atomic mass is 16.6. The van der Waals surface area contributed by atoms with Gasteiger partial charge in [0.2, 0.25) is 0 Å². The van der Waals surface area contributed by atoms with Crippen LogP contribution in [-0.2, 0) is 4.74 Å². The summed E-state index contributed by atoms with van der Waals surface area (Å²) in [7, 11) is 0. The van der Waals surface area contributed by atoms with Crippen molar-refractivity contribution in [1.82, 2.24) is 25.1 Å². The highest BCUT2D eigenvalue weighted by Gasteiger charge is 2.39. The molecule has 2 atom stereocenters. The molecule has 4 rings (SSSR count). The fourth-order valence-electron chi connectivity index (χ4n) is 3.85. The van der Waals surface area contributed by atoms with E-state index >= 15 is 0 Å². The molecule has 1 amide bonds. The number of H-pyrrole nitrogens is 1. The molecule has 0 radical (unpaired) electrons. The number of nitrogens with zero attached hydrogens (tertiary/aromatic N) is 5. The number of aromatic nitrogens is 4. The van der Waals surface area contributed by atoms with Gasteiger partial charge in [-0.25, -0.2) is 14.8 Å². The molecule has 2 fully saturated rings. The van der Waals surface area contributed by atoms with Gasteiger partial charge in [0.1, 0.15) is 18.0 Å². The maximum atomic E-state index is 12.2. The molecule has 1 saturated carbocycles. The summed E-state index contributed by atoms with van der Waals surface area (Å²) in [6.07, 6.45) is 5.25. The Morgan fingerprint density at radius 3 is 2.82 bits per heavy atom. The van der Waals surface area contributed by atoms with E-state index in [1.807, 2.05) is 12.1 Å². The van der Waals surface area contributed by atoms with Crippen LogP contribution in [0.2, 0.25) is 0 Å². The van der Waals surface area contributed by atoms with Gasteiger partial charge in [-0.15, -0.1) is 0 Å². The van der Waals surface area contributed by atoms with E-state index in [9.17, 15) is 4.79 Å². The van der Waals surface area contributed by atoms with Crippen LogP contribution in [0, 0.1) is 16.7 Å². The van der Waals surface area contributed by atoms with Gasteiger partial charge in [-0.3, -0.25) is 5.10 Å². The SMILES string of the molecule is CC1(C)CN(C(=O)O[C@@H]2CC[C@H](c3cc(Nc4cnc(C#N)cn4)n[nH]3)C2)C1. The first-order valence-electron chi connectivity index (χ1n) is 9.42. The first-order valence-corrected chi connectivity index (χ1v) is 9.42. The van der Waals surface area contributed by atoms with Gasteiger partial charge < -0.3 is 15.0 Å². The number of anilines is 2. The first kappa shape index (κ1) is 18.2. The van der Waals surface area contributed by atoms with Crippen LogP contribution in [-0.4, -0.2) is 50.4 Å². The van der Waals surface area contributed by atoms with E-state index in [0.29, 0.717) is 11.6 Å². The normalized spacial score (nSPS) is 23.0. The Bertz CT molecular complexity index is 892. The fraction of sp³-hybridized carbons (Fsp3) is 0.526. The Labute approximate surface area is 163 Å². The summed E-state index contributed by atoms with van der Waals surface area (Å²) in [4.78, 5) is 22.1. The number of likely N-dealkylation sites (tertiary alicyclic amines) is 1. The van der Waals surface area contributed by atoms with Crippen LogP contribution in [0.15, 0.2) is 18.5 Å². The molecule has 0 unspecified atom stereocenters. The van der Waals surface area contributed by atoms with Crippen LogP contribution >= 0.6 is 0 Å². The molecule has 0 spiro atoms. The van der Waals surface area contributed by atoms with Gasteiger partial charge in [0.25, 0.3) is 0 Å². The van der Waals surface area contributed by atoms with Crippen LogP contribution in [0.1, 0.15) is 50.4 Å². The van der Waals surface area contributed by atoms with Crippen molar-refractivity contribution in [2.24, 2.45) is 5.41 Å². The summed E-state index contributed by atoms with van der Waals surface area (Å²) in [5, 5.41) is 19.2. The Morgan fingerprint density at radius 2 is 2.14 bits per heavy atom. The zero-order valence-electron chi connectivity index (χ0n) is 16.0. The van der Waals surface area contributed by atoms with Crippen LogP contribution < -0.4 is 5.32 Å². The molecule has 146 valence electrons. The third-order valence-electron chi connectivity index (χ3n) is 5.21. The number of rotatable bonds is 4. The van der Waals surface area contributed by atoms with Crippen LogP contribution in [0.5, 0.6) is 0 Å². The molecule has 1 saturated heterocycles. The van der Waals surface area contributed by atoms with Crippen molar-refractivity contribution >= 4 is 17.7 Å². The Hall–Kier alpha value is -3.15. The summed E-state index contributed by atoms with van der Waals surface area (Å²) in [6.45, 7) is 5.82. The van der Waals surface area contributed by atoms with Gasteiger partial charge in [-0.05, 0) is 19.3 Å². The lowest BCUT2D eigenvalue weighted by Gasteiger charge is -2.45. The summed E-state index contributed by atoms with van der Waals surface area (Å²) in [5.74, 6) is 1.44. The van der Waals surface area contributed by atoms with Gasteiger partial charge in [-0.1, -0.05) is 13.8 Å². The van der Waals surface area contributed by atoms with Crippen molar-refractivity contribution in [2.45, 2.75) is 45.1 Å². The molecule has 9 nitrogen and oxygen atoms in total. The number of nitrogens with one attached hydrogen (secondary N) is 2. The smallest absolute Gasteiger partial charge is 0.410 e. The minimum atomic E-state index is -0.198. The number of hydrogen-bond acceptors (Lipinski definition) is 7. The summed E-state index contributed by atoms with van der Waals surface area (Å²) in [6, 6.07) is 3.87. The zero-order valence-corrected chi connectivity index (χ0v) is 16.0. The monoisotopic (exact) mass is 381 g/mol. The maximum absolute atomic E-state index is 12.2. The number of hydrogen-bond donors (Lipinski definition) is 2. The molecule has 0 aromatic carbocycles. The third-order valence-corrected chi connectivity index (χ3v) is 5.21. The van der Waals surface area contributed by atoms with Gasteiger partial charge in [0.15, 0.2) is 11.5 Å². The second-order valence-electron chi connectivity index (χ2n) is 8.27. The van der Waals surface area contributed by atoms with E-state index in [1.165, 1.54) is 12.4 Å². The Balaban J connectivity index is 1.30. The average molecular weight is 381 g/mol. The molecule has 28 heavy (non-hydrogen) atoms. The molecular formula is C19H23N7O2. The largest absolute Gasteiger partial charge is 0.446 e. The van der Waals surface area contributed by atoms with E-state index in [4.69, 9.17) is 10.00 Å². The number of amides is 1. The minimum Gasteiger partial charge on any atom is -0.446 e. The summed E-state index contributed by atoms with van der Waals surface area (Å²) < 4.78 is 5.68. The highest BCUT2D eigenvalue weighted by Crippen LogP contribution is 2.37. The second-order valence-corrected chi connectivity index (χ2v) is 8.27. The van der Waals surface area contributed by atoms with Gasteiger partial charge in [0.05, 0.1) is 12.4 Å². The molecule has 2 aromatic rings. The van der Waals surface area contributed by atoms with Crippen molar-refractivity contribution in [1.29, 1.82) is 5.26 Å². The molecule has 2 N–H and O–H groups in total. The molecule has 2 aromatic heterocycles. The predicted octanol–water partition coefficient (Wildman–Crippen LogP) is 2.93. The molecule has 3 heterocycles. The fourth-order valence-corrected chi connectivity index (χ4v) is 3.85. The van der Waals surface area contributed by atoms with E-state index < -0.39 is 0 Å². The lowest BCUT2D eigenvalue weighted by atomic mass is 9.85. The highest BCUT2D eigenvalue weighted by molar-refractivity contribution is 5.69.